The fourth-order valence-electron chi connectivity index (χ4n) is 3.12. The molecule has 1 saturated heterocycles. The van der Waals surface area contributed by atoms with Gasteiger partial charge in [0.1, 0.15) is 11.4 Å². The van der Waals surface area contributed by atoms with E-state index in [0.717, 1.165) is 18.6 Å². The fourth-order valence-corrected chi connectivity index (χ4v) is 3.12. The first-order valence-electron chi connectivity index (χ1n) is 7.68. The smallest absolute Gasteiger partial charge is 0.285 e. The number of halogens is 1. The van der Waals surface area contributed by atoms with Gasteiger partial charge in [-0.05, 0) is 43.7 Å². The number of amides is 1. The molecule has 6 nitrogen and oxygen atoms in total. The second kappa shape index (κ2) is 6.62. The molecule has 23 heavy (non-hydrogen) atoms. The molecule has 1 fully saturated rings. The third kappa shape index (κ3) is 3.34. The molecule has 7 heteroatoms. The highest BCUT2D eigenvalue weighted by molar-refractivity contribution is 5.98. The number of benzene rings is 1. The normalized spacial score (nSPS) is 17.1. The lowest BCUT2D eigenvalue weighted by molar-refractivity contribution is -0.385. The highest BCUT2D eigenvalue weighted by atomic mass is 19.1. The molecule has 1 heterocycles. The lowest BCUT2D eigenvalue weighted by Crippen LogP contribution is -2.44. The molecule has 0 atom stereocenters. The van der Waals surface area contributed by atoms with Gasteiger partial charge in [0, 0.05) is 25.3 Å². The number of carbonyl (C=O) groups excluding carboxylic acids is 1. The minimum Gasteiger partial charge on any atom is -0.396 e. The highest BCUT2D eigenvalue weighted by Crippen LogP contribution is 2.35. The Morgan fingerprint density at radius 1 is 1.43 bits per heavy atom. The van der Waals surface area contributed by atoms with Gasteiger partial charge in [0.25, 0.3) is 11.6 Å². The van der Waals surface area contributed by atoms with Gasteiger partial charge in [-0.2, -0.15) is 0 Å². The second-order valence-electron chi connectivity index (χ2n) is 6.18. The van der Waals surface area contributed by atoms with Gasteiger partial charge in [0.05, 0.1) is 4.92 Å². The zero-order valence-corrected chi connectivity index (χ0v) is 13.3. The summed E-state index contributed by atoms with van der Waals surface area (Å²) in [6.07, 6.45) is 2.08. The molecule has 0 saturated carbocycles. The van der Waals surface area contributed by atoms with E-state index in [0.29, 0.717) is 25.9 Å². The number of nitro groups is 1. The number of aryl methyl sites for hydroxylation is 1. The summed E-state index contributed by atoms with van der Waals surface area (Å²) in [6, 6.07) is 1.99. The van der Waals surface area contributed by atoms with Crippen molar-refractivity contribution in [3.8, 4) is 0 Å². The summed E-state index contributed by atoms with van der Waals surface area (Å²) in [7, 11) is 0. The van der Waals surface area contributed by atoms with Crippen LogP contribution in [0.5, 0.6) is 0 Å². The first-order chi connectivity index (χ1) is 10.8. The average molecular weight is 324 g/mol. The molecule has 1 aromatic rings. The van der Waals surface area contributed by atoms with Crippen molar-refractivity contribution < 1.29 is 19.2 Å². The molecule has 0 bridgehead atoms. The Bertz CT molecular complexity index is 619. The Labute approximate surface area is 134 Å². The Morgan fingerprint density at radius 3 is 2.52 bits per heavy atom. The van der Waals surface area contributed by atoms with E-state index in [1.165, 1.54) is 11.8 Å². The average Bonchev–Trinajstić information content (AvgIpc) is 2.53. The quantitative estimate of drug-likeness (QED) is 0.682. The van der Waals surface area contributed by atoms with Crippen LogP contribution in [0.25, 0.3) is 0 Å². The van der Waals surface area contributed by atoms with Gasteiger partial charge in [0.2, 0.25) is 0 Å². The van der Waals surface area contributed by atoms with Gasteiger partial charge >= 0.3 is 0 Å². The number of rotatable bonds is 4. The Hall–Kier alpha value is -2.02. The predicted octanol–water partition coefficient (Wildman–Crippen LogP) is 2.67. The van der Waals surface area contributed by atoms with Crippen molar-refractivity contribution in [3.63, 3.8) is 0 Å². The number of nitrogens with zero attached hydrogens (tertiary/aromatic N) is 2. The third-order valence-corrected chi connectivity index (χ3v) is 4.87. The zero-order valence-electron chi connectivity index (χ0n) is 13.3. The van der Waals surface area contributed by atoms with Crippen LogP contribution in [-0.2, 0) is 0 Å². The van der Waals surface area contributed by atoms with Gasteiger partial charge in [-0.1, -0.05) is 6.92 Å². The molecule has 0 unspecified atom stereocenters. The van der Waals surface area contributed by atoms with Crippen molar-refractivity contribution in [1.29, 1.82) is 0 Å². The van der Waals surface area contributed by atoms with Gasteiger partial charge < -0.3 is 10.0 Å². The predicted molar refractivity (Wildman–Crippen MR) is 82.7 cm³/mol. The topological polar surface area (TPSA) is 83.7 Å². The van der Waals surface area contributed by atoms with Crippen LogP contribution in [0.2, 0.25) is 0 Å². The highest BCUT2D eigenvalue weighted by Gasteiger charge is 2.36. The Balaban J connectivity index is 2.27. The van der Waals surface area contributed by atoms with Crippen LogP contribution in [0.1, 0.15) is 42.1 Å². The third-order valence-electron chi connectivity index (χ3n) is 4.87. The summed E-state index contributed by atoms with van der Waals surface area (Å²) in [5.41, 5.74) is -0.611. The van der Waals surface area contributed by atoms with Crippen LogP contribution in [0, 0.1) is 28.3 Å². The maximum atomic E-state index is 13.6. The molecule has 0 spiro atoms. The zero-order chi connectivity index (χ0) is 17.2. The van der Waals surface area contributed by atoms with Crippen LogP contribution >= 0.6 is 0 Å². The van der Waals surface area contributed by atoms with Crippen LogP contribution < -0.4 is 0 Å². The molecule has 1 aliphatic heterocycles. The first-order valence-corrected chi connectivity index (χ1v) is 7.68. The van der Waals surface area contributed by atoms with E-state index in [2.05, 4.69) is 0 Å². The molecule has 0 radical (unpaired) electrons. The van der Waals surface area contributed by atoms with Crippen molar-refractivity contribution in [2.24, 2.45) is 5.41 Å². The SMILES string of the molecule is CCC1(CO)CCN(C(=O)c2cc(F)cc(C)c2[N+](=O)[O-])CC1. The molecule has 0 aromatic heterocycles. The van der Waals surface area contributed by atoms with E-state index < -0.39 is 16.6 Å². The van der Waals surface area contributed by atoms with Gasteiger partial charge in [-0.3, -0.25) is 14.9 Å². The van der Waals surface area contributed by atoms with Crippen LogP contribution in [-0.4, -0.2) is 40.5 Å². The van der Waals surface area contributed by atoms with E-state index >= 15 is 0 Å². The lowest BCUT2D eigenvalue weighted by atomic mass is 9.77. The molecule has 1 aromatic carbocycles. The largest absolute Gasteiger partial charge is 0.396 e. The van der Waals surface area contributed by atoms with Crippen LogP contribution in [0.4, 0.5) is 10.1 Å². The minimum absolute atomic E-state index is 0.0603. The number of aliphatic hydroxyl groups excluding tert-OH is 1. The van der Waals surface area contributed by atoms with Crippen molar-refractivity contribution in [1.82, 2.24) is 4.90 Å². The minimum atomic E-state index is -0.660. The fraction of sp³-hybridized carbons (Fsp3) is 0.562. The summed E-state index contributed by atoms with van der Waals surface area (Å²) < 4.78 is 13.6. The summed E-state index contributed by atoms with van der Waals surface area (Å²) in [6.45, 7) is 4.28. The molecule has 0 aliphatic carbocycles. The molecular weight excluding hydrogens is 303 g/mol. The van der Waals surface area contributed by atoms with Crippen LogP contribution in [0.3, 0.4) is 0 Å². The van der Waals surface area contributed by atoms with E-state index in [-0.39, 0.29) is 28.8 Å². The standard InChI is InChI=1S/C16H21FN2O4/c1-3-16(10-20)4-6-18(7-5-16)15(21)13-9-12(17)8-11(2)14(13)19(22)23/h8-9,20H,3-7,10H2,1-2H3. The molecule has 2 rings (SSSR count). The van der Waals surface area contributed by atoms with Crippen LogP contribution in [0.15, 0.2) is 12.1 Å². The summed E-state index contributed by atoms with van der Waals surface area (Å²) in [5, 5.41) is 20.7. The molecular formula is C16H21FN2O4. The Kier molecular flexibility index (Phi) is 4.99. The van der Waals surface area contributed by atoms with Gasteiger partial charge in [-0.15, -0.1) is 0 Å². The summed E-state index contributed by atoms with van der Waals surface area (Å²) in [4.78, 5) is 24.7. The number of hydrogen-bond donors (Lipinski definition) is 1. The van der Waals surface area contributed by atoms with Crippen molar-refractivity contribution in [2.45, 2.75) is 33.1 Å². The van der Waals surface area contributed by atoms with Crippen molar-refractivity contribution in [2.75, 3.05) is 19.7 Å². The summed E-state index contributed by atoms with van der Waals surface area (Å²) >= 11 is 0. The molecule has 1 N–H and O–H groups in total. The maximum Gasteiger partial charge on any atom is 0.285 e. The summed E-state index contributed by atoms with van der Waals surface area (Å²) in [5.74, 6) is -1.19. The molecule has 1 amide bonds. The van der Waals surface area contributed by atoms with Gasteiger partial charge in [-0.25, -0.2) is 4.39 Å². The number of nitro benzene ring substituents is 1. The van der Waals surface area contributed by atoms with E-state index in [1.807, 2.05) is 6.92 Å². The monoisotopic (exact) mass is 324 g/mol. The van der Waals surface area contributed by atoms with E-state index in [9.17, 15) is 24.4 Å². The number of likely N-dealkylation sites (tertiary alicyclic amines) is 1. The number of aliphatic hydroxyl groups is 1. The van der Waals surface area contributed by atoms with Crippen molar-refractivity contribution in [3.05, 3.63) is 39.2 Å². The molecule has 1 aliphatic rings. The lowest BCUT2D eigenvalue weighted by Gasteiger charge is -2.40. The first kappa shape index (κ1) is 17.3. The van der Waals surface area contributed by atoms with E-state index in [4.69, 9.17) is 0 Å². The van der Waals surface area contributed by atoms with Gasteiger partial charge in [0.15, 0.2) is 0 Å². The Morgan fingerprint density at radius 2 is 2.04 bits per heavy atom. The molecule has 126 valence electrons. The van der Waals surface area contributed by atoms with Crippen molar-refractivity contribution >= 4 is 11.6 Å². The second-order valence-corrected chi connectivity index (χ2v) is 6.18. The number of carbonyl (C=O) groups is 1. The number of piperidine rings is 1. The maximum absolute atomic E-state index is 13.6. The number of hydrogen-bond acceptors (Lipinski definition) is 4. The van der Waals surface area contributed by atoms with E-state index in [1.54, 1.807) is 0 Å².